The number of hydrogen-bond donors (Lipinski definition) is 1. The van der Waals surface area contributed by atoms with Gasteiger partial charge in [0.15, 0.2) is 0 Å². The highest BCUT2D eigenvalue weighted by molar-refractivity contribution is 7.56. The van der Waals surface area contributed by atoms with Crippen LogP contribution in [-0.2, 0) is 6.54 Å². The molecule has 0 aliphatic heterocycles. The van der Waals surface area contributed by atoms with Crippen molar-refractivity contribution in [3.05, 3.63) is 84.4 Å². The number of benzene rings is 4. The van der Waals surface area contributed by atoms with Gasteiger partial charge >= 0.3 is 0 Å². The quantitative estimate of drug-likeness (QED) is 0.447. The van der Waals surface area contributed by atoms with Crippen molar-refractivity contribution in [2.75, 3.05) is 0 Å². The molecule has 0 spiro atoms. The van der Waals surface area contributed by atoms with Gasteiger partial charge < -0.3 is 5.73 Å². The first-order chi connectivity index (χ1) is 11.3. The lowest BCUT2D eigenvalue weighted by Crippen LogP contribution is -2.07. The Morgan fingerprint density at radius 1 is 0.696 bits per heavy atom. The van der Waals surface area contributed by atoms with E-state index in [9.17, 15) is 0 Å². The standard InChI is InChI=1S/C21H18NP/c22-14-15-9-11-18(12-10-15)23-21-19-7-3-1-5-16(19)13-17-6-2-4-8-20(17)21/h1-13,23H,14,22H2. The molecule has 0 bridgehead atoms. The highest BCUT2D eigenvalue weighted by atomic mass is 31.1. The van der Waals surface area contributed by atoms with Crippen molar-refractivity contribution < 1.29 is 0 Å². The molecule has 0 fully saturated rings. The molecule has 4 aromatic carbocycles. The van der Waals surface area contributed by atoms with E-state index in [0.717, 1.165) is 0 Å². The normalized spacial score (nSPS) is 11.7. The second-order valence-corrected chi connectivity index (χ2v) is 7.05. The van der Waals surface area contributed by atoms with Gasteiger partial charge in [-0.05, 0) is 43.8 Å². The highest BCUT2D eigenvalue weighted by Gasteiger charge is 2.08. The largest absolute Gasteiger partial charge is 0.326 e. The summed E-state index contributed by atoms with van der Waals surface area (Å²) in [4.78, 5) is 0. The molecule has 2 heteroatoms. The molecule has 0 heterocycles. The molecule has 0 aliphatic carbocycles. The van der Waals surface area contributed by atoms with Crippen molar-refractivity contribution in [2.45, 2.75) is 6.54 Å². The van der Waals surface area contributed by atoms with Crippen LogP contribution in [0.25, 0.3) is 21.5 Å². The minimum absolute atomic E-state index is 0.598. The van der Waals surface area contributed by atoms with Gasteiger partial charge in [0, 0.05) is 6.54 Å². The second kappa shape index (κ2) is 6.12. The van der Waals surface area contributed by atoms with Crippen molar-refractivity contribution >= 4 is 40.7 Å². The Kier molecular flexibility index (Phi) is 3.83. The Morgan fingerprint density at radius 3 is 1.83 bits per heavy atom. The summed E-state index contributed by atoms with van der Waals surface area (Å²) in [5.74, 6) is 0. The van der Waals surface area contributed by atoms with E-state index in [2.05, 4.69) is 78.9 Å². The average molecular weight is 315 g/mol. The molecule has 0 saturated heterocycles. The van der Waals surface area contributed by atoms with Crippen molar-refractivity contribution in [1.82, 2.24) is 0 Å². The van der Waals surface area contributed by atoms with Crippen LogP contribution in [0, 0.1) is 0 Å². The first-order valence-corrected chi connectivity index (χ1v) is 8.82. The monoisotopic (exact) mass is 315 g/mol. The molecule has 0 aliphatic rings. The molecule has 0 radical (unpaired) electrons. The van der Waals surface area contributed by atoms with E-state index in [1.165, 1.54) is 37.7 Å². The van der Waals surface area contributed by atoms with Gasteiger partial charge in [-0.15, -0.1) is 0 Å². The lowest BCUT2D eigenvalue weighted by Gasteiger charge is -2.12. The van der Waals surface area contributed by atoms with Crippen molar-refractivity contribution in [1.29, 1.82) is 0 Å². The maximum absolute atomic E-state index is 5.70. The number of nitrogens with two attached hydrogens (primary N) is 1. The van der Waals surface area contributed by atoms with Crippen LogP contribution >= 0.6 is 8.58 Å². The Bertz CT molecular complexity index is 920. The third kappa shape index (κ3) is 2.74. The zero-order valence-electron chi connectivity index (χ0n) is 12.8. The Balaban J connectivity index is 1.91. The van der Waals surface area contributed by atoms with Gasteiger partial charge in [0.25, 0.3) is 0 Å². The van der Waals surface area contributed by atoms with Gasteiger partial charge in [-0.1, -0.05) is 81.4 Å². The van der Waals surface area contributed by atoms with Crippen LogP contribution in [0.3, 0.4) is 0 Å². The van der Waals surface area contributed by atoms with Gasteiger partial charge in [-0.3, -0.25) is 0 Å². The molecule has 0 amide bonds. The molecule has 2 N–H and O–H groups in total. The summed E-state index contributed by atoms with van der Waals surface area (Å²) in [6.07, 6.45) is 0. The SMILES string of the molecule is NCc1ccc(Pc2c3ccccc3cc3ccccc23)cc1. The fraction of sp³-hybridized carbons (Fsp3) is 0.0476. The fourth-order valence-corrected chi connectivity index (χ4v) is 4.36. The molecular weight excluding hydrogens is 297 g/mol. The maximum atomic E-state index is 5.70. The molecule has 4 aromatic rings. The van der Waals surface area contributed by atoms with Gasteiger partial charge in [-0.25, -0.2) is 0 Å². The van der Waals surface area contributed by atoms with Gasteiger partial charge in [0.1, 0.15) is 0 Å². The minimum atomic E-state index is 0.598. The van der Waals surface area contributed by atoms with Gasteiger partial charge in [0.2, 0.25) is 0 Å². The summed E-state index contributed by atoms with van der Waals surface area (Å²) >= 11 is 0. The molecule has 1 nitrogen and oxygen atoms in total. The first-order valence-electron chi connectivity index (χ1n) is 7.82. The molecule has 112 valence electrons. The first kappa shape index (κ1) is 14.4. The zero-order valence-corrected chi connectivity index (χ0v) is 13.8. The van der Waals surface area contributed by atoms with Crippen LogP contribution < -0.4 is 16.3 Å². The van der Waals surface area contributed by atoms with Crippen LogP contribution in [-0.4, -0.2) is 0 Å². The summed E-state index contributed by atoms with van der Waals surface area (Å²) in [5.41, 5.74) is 6.89. The van der Waals surface area contributed by atoms with E-state index >= 15 is 0 Å². The smallest absolute Gasteiger partial charge is 0.0178 e. The summed E-state index contributed by atoms with van der Waals surface area (Å²) < 4.78 is 0. The molecule has 23 heavy (non-hydrogen) atoms. The Hall–Kier alpha value is -2.21. The summed E-state index contributed by atoms with van der Waals surface area (Å²) in [5, 5.41) is 8.11. The second-order valence-electron chi connectivity index (χ2n) is 5.72. The van der Waals surface area contributed by atoms with E-state index in [1.807, 2.05) is 0 Å². The molecule has 1 unspecified atom stereocenters. The van der Waals surface area contributed by atoms with Crippen molar-refractivity contribution in [3.63, 3.8) is 0 Å². The molecule has 0 aromatic heterocycles. The molecular formula is C21H18NP. The number of rotatable bonds is 3. The zero-order chi connectivity index (χ0) is 15.6. The average Bonchev–Trinajstić information content (AvgIpc) is 2.62. The third-order valence-corrected chi connectivity index (χ3v) is 5.64. The lowest BCUT2D eigenvalue weighted by atomic mass is 10.0. The highest BCUT2D eigenvalue weighted by Crippen LogP contribution is 2.27. The predicted molar refractivity (Wildman–Crippen MR) is 103 cm³/mol. The van der Waals surface area contributed by atoms with Gasteiger partial charge in [0.05, 0.1) is 0 Å². The topological polar surface area (TPSA) is 26.0 Å². The maximum Gasteiger partial charge on any atom is 0.0178 e. The van der Waals surface area contributed by atoms with Crippen molar-refractivity contribution in [3.8, 4) is 0 Å². The van der Waals surface area contributed by atoms with Crippen LogP contribution in [0.4, 0.5) is 0 Å². The number of fused-ring (bicyclic) bond motifs is 2. The van der Waals surface area contributed by atoms with E-state index in [4.69, 9.17) is 5.73 Å². The molecule has 4 rings (SSSR count). The predicted octanol–water partition coefficient (Wildman–Crippen LogP) is 4.08. The third-order valence-electron chi connectivity index (χ3n) is 4.23. The molecule has 0 saturated carbocycles. The van der Waals surface area contributed by atoms with E-state index in [0.29, 0.717) is 15.1 Å². The molecule has 1 atom stereocenters. The van der Waals surface area contributed by atoms with Crippen molar-refractivity contribution in [2.24, 2.45) is 5.73 Å². The fourth-order valence-electron chi connectivity index (χ4n) is 3.02. The summed E-state index contributed by atoms with van der Waals surface area (Å²) in [6.45, 7) is 0.598. The van der Waals surface area contributed by atoms with E-state index < -0.39 is 0 Å². The van der Waals surface area contributed by atoms with Crippen LogP contribution in [0.5, 0.6) is 0 Å². The number of hydrogen-bond acceptors (Lipinski definition) is 1. The van der Waals surface area contributed by atoms with Crippen LogP contribution in [0.15, 0.2) is 78.9 Å². The minimum Gasteiger partial charge on any atom is -0.326 e. The Morgan fingerprint density at radius 2 is 1.26 bits per heavy atom. The lowest BCUT2D eigenvalue weighted by molar-refractivity contribution is 1.07. The van der Waals surface area contributed by atoms with E-state index in [-0.39, 0.29) is 0 Å². The van der Waals surface area contributed by atoms with Crippen LogP contribution in [0.2, 0.25) is 0 Å². The summed E-state index contributed by atoms with van der Waals surface area (Å²) in [6, 6.07) is 28.3. The van der Waals surface area contributed by atoms with Crippen LogP contribution in [0.1, 0.15) is 5.56 Å². The van der Waals surface area contributed by atoms with E-state index in [1.54, 1.807) is 0 Å². The van der Waals surface area contributed by atoms with Gasteiger partial charge in [-0.2, -0.15) is 0 Å². The Labute approximate surface area is 137 Å². The summed E-state index contributed by atoms with van der Waals surface area (Å²) in [7, 11) is 0.641.